The number of esters is 1. The number of amides is 1. The number of anilines is 1. The predicted molar refractivity (Wildman–Crippen MR) is 159 cm³/mol. The summed E-state index contributed by atoms with van der Waals surface area (Å²) < 4.78 is 43.8. The van der Waals surface area contributed by atoms with Crippen LogP contribution in [0.15, 0.2) is 107 Å². The molecule has 216 valence electrons. The molecule has 42 heavy (non-hydrogen) atoms. The zero-order valence-corrected chi connectivity index (χ0v) is 23.8. The lowest BCUT2D eigenvalue weighted by molar-refractivity contribution is 0.0729. The molecule has 0 saturated heterocycles. The van der Waals surface area contributed by atoms with E-state index in [2.05, 4.69) is 15.2 Å². The first-order chi connectivity index (χ1) is 20.3. The van der Waals surface area contributed by atoms with Crippen LogP contribution in [0.5, 0.6) is 17.2 Å². The molecule has 4 aromatic carbocycles. The third-order valence-electron chi connectivity index (χ3n) is 5.79. The number of sulfonamides is 1. The minimum Gasteiger partial charge on any atom is -0.494 e. The molecule has 0 saturated carbocycles. The molecule has 0 bridgehead atoms. The largest absolute Gasteiger partial charge is 0.494 e. The molecule has 0 aliphatic rings. The van der Waals surface area contributed by atoms with Crippen molar-refractivity contribution in [1.82, 2.24) is 5.43 Å². The number of ether oxygens (including phenoxy) is 3. The van der Waals surface area contributed by atoms with E-state index >= 15 is 0 Å². The number of hydrogen-bond acceptors (Lipinski definition) is 8. The van der Waals surface area contributed by atoms with Gasteiger partial charge in [-0.05, 0) is 90.8 Å². The maximum atomic E-state index is 12.6. The van der Waals surface area contributed by atoms with Crippen molar-refractivity contribution in [2.45, 2.75) is 18.2 Å². The topological polar surface area (TPSA) is 132 Å². The molecule has 0 unspecified atom stereocenters. The van der Waals surface area contributed by atoms with E-state index in [1.165, 1.54) is 49.7 Å². The van der Waals surface area contributed by atoms with Crippen LogP contribution in [0.1, 0.15) is 39.6 Å². The molecule has 0 radical (unpaired) electrons. The van der Waals surface area contributed by atoms with Crippen molar-refractivity contribution in [3.8, 4) is 17.2 Å². The average molecular weight is 588 g/mol. The molecule has 10 nitrogen and oxygen atoms in total. The molecule has 4 aromatic rings. The van der Waals surface area contributed by atoms with E-state index in [1.807, 2.05) is 6.92 Å². The Kier molecular flexibility index (Phi) is 9.90. The van der Waals surface area contributed by atoms with E-state index in [0.29, 0.717) is 34.9 Å². The third kappa shape index (κ3) is 7.95. The fourth-order valence-corrected chi connectivity index (χ4v) is 4.73. The van der Waals surface area contributed by atoms with E-state index in [4.69, 9.17) is 14.2 Å². The van der Waals surface area contributed by atoms with Crippen LogP contribution >= 0.6 is 0 Å². The lowest BCUT2D eigenvalue weighted by atomic mass is 10.2. The van der Waals surface area contributed by atoms with Crippen LogP contribution in [-0.2, 0) is 10.0 Å². The number of hydrogen-bond donors (Lipinski definition) is 2. The van der Waals surface area contributed by atoms with E-state index in [0.717, 1.165) is 6.42 Å². The van der Waals surface area contributed by atoms with Crippen molar-refractivity contribution in [1.29, 1.82) is 0 Å². The second-order valence-corrected chi connectivity index (χ2v) is 10.6. The van der Waals surface area contributed by atoms with E-state index in [1.54, 1.807) is 60.7 Å². The van der Waals surface area contributed by atoms with Gasteiger partial charge in [0, 0.05) is 11.3 Å². The normalized spacial score (nSPS) is 11.1. The smallest absolute Gasteiger partial charge is 0.343 e. The summed E-state index contributed by atoms with van der Waals surface area (Å²) in [4.78, 5) is 25.2. The molecule has 0 atom stereocenters. The summed E-state index contributed by atoms with van der Waals surface area (Å²) in [6, 6.07) is 25.4. The summed E-state index contributed by atoms with van der Waals surface area (Å²) in [5.41, 5.74) is 3.94. The van der Waals surface area contributed by atoms with Gasteiger partial charge in [0.2, 0.25) is 0 Å². The summed E-state index contributed by atoms with van der Waals surface area (Å²) >= 11 is 0. The Labute approximate surface area is 244 Å². The van der Waals surface area contributed by atoms with Crippen molar-refractivity contribution in [3.05, 3.63) is 114 Å². The molecular formula is C31H29N3O7S. The van der Waals surface area contributed by atoms with Gasteiger partial charge >= 0.3 is 5.97 Å². The Morgan fingerprint density at radius 2 is 1.55 bits per heavy atom. The molecule has 0 spiro atoms. The van der Waals surface area contributed by atoms with Crippen LogP contribution in [0, 0.1) is 0 Å². The maximum Gasteiger partial charge on any atom is 0.343 e. The van der Waals surface area contributed by atoms with Crippen LogP contribution in [0.4, 0.5) is 5.69 Å². The van der Waals surface area contributed by atoms with E-state index in [9.17, 15) is 18.0 Å². The van der Waals surface area contributed by atoms with Crippen LogP contribution in [0.3, 0.4) is 0 Å². The van der Waals surface area contributed by atoms with Gasteiger partial charge in [0.1, 0.15) is 5.75 Å². The number of methoxy groups -OCH3 is 1. The Bertz CT molecular complexity index is 1660. The van der Waals surface area contributed by atoms with Gasteiger partial charge in [-0.3, -0.25) is 9.52 Å². The highest BCUT2D eigenvalue weighted by Crippen LogP contribution is 2.28. The monoisotopic (exact) mass is 587 g/mol. The minimum atomic E-state index is -3.74. The van der Waals surface area contributed by atoms with Crippen molar-refractivity contribution >= 4 is 33.8 Å². The Morgan fingerprint density at radius 1 is 0.857 bits per heavy atom. The van der Waals surface area contributed by atoms with Gasteiger partial charge in [-0.2, -0.15) is 5.10 Å². The quantitative estimate of drug-likeness (QED) is 0.0999. The average Bonchev–Trinajstić information content (AvgIpc) is 3.01. The highest BCUT2D eigenvalue weighted by atomic mass is 32.2. The molecular weight excluding hydrogens is 558 g/mol. The van der Waals surface area contributed by atoms with Crippen LogP contribution < -0.4 is 24.4 Å². The molecule has 2 N–H and O–H groups in total. The highest BCUT2D eigenvalue weighted by Gasteiger charge is 2.15. The van der Waals surface area contributed by atoms with Crippen LogP contribution in [-0.4, -0.2) is 40.2 Å². The number of hydrazone groups is 1. The Hall–Kier alpha value is -5.16. The molecule has 0 fully saturated rings. The zero-order chi connectivity index (χ0) is 30.0. The first kappa shape index (κ1) is 29.8. The summed E-state index contributed by atoms with van der Waals surface area (Å²) in [7, 11) is -2.30. The van der Waals surface area contributed by atoms with Gasteiger partial charge in [-0.15, -0.1) is 0 Å². The number of nitrogens with one attached hydrogen (secondary N) is 2. The van der Waals surface area contributed by atoms with Gasteiger partial charge in [-0.25, -0.2) is 18.6 Å². The van der Waals surface area contributed by atoms with Crippen molar-refractivity contribution in [2.24, 2.45) is 5.10 Å². The second kappa shape index (κ2) is 14.0. The second-order valence-electron chi connectivity index (χ2n) is 8.87. The summed E-state index contributed by atoms with van der Waals surface area (Å²) in [6.45, 7) is 2.60. The molecule has 0 heterocycles. The predicted octanol–water partition coefficient (Wildman–Crippen LogP) is 5.27. The maximum absolute atomic E-state index is 12.6. The SMILES string of the molecule is CCCOc1ccc(C(=O)Oc2ccc(/C=N\NC(=O)c3ccc(NS(=O)(=O)c4ccccc4)cc3)cc2OC)cc1. The highest BCUT2D eigenvalue weighted by molar-refractivity contribution is 7.92. The van der Waals surface area contributed by atoms with Crippen molar-refractivity contribution < 1.29 is 32.2 Å². The van der Waals surface area contributed by atoms with Gasteiger partial charge in [-0.1, -0.05) is 25.1 Å². The number of nitrogens with zero attached hydrogens (tertiary/aromatic N) is 1. The van der Waals surface area contributed by atoms with E-state index in [-0.39, 0.29) is 16.2 Å². The number of carbonyl (C=O) groups excluding carboxylic acids is 2. The molecule has 4 rings (SSSR count). The molecule has 0 aliphatic heterocycles. The molecule has 1 amide bonds. The molecule has 11 heteroatoms. The minimum absolute atomic E-state index is 0.131. The lowest BCUT2D eigenvalue weighted by Gasteiger charge is -2.10. The Balaban J connectivity index is 1.33. The Morgan fingerprint density at radius 3 is 2.21 bits per heavy atom. The van der Waals surface area contributed by atoms with Crippen LogP contribution in [0.2, 0.25) is 0 Å². The summed E-state index contributed by atoms with van der Waals surface area (Å²) in [6.07, 6.45) is 2.29. The third-order valence-corrected chi connectivity index (χ3v) is 7.18. The fourth-order valence-electron chi connectivity index (χ4n) is 3.65. The van der Waals surface area contributed by atoms with Crippen molar-refractivity contribution in [3.63, 3.8) is 0 Å². The van der Waals surface area contributed by atoms with Crippen LogP contribution in [0.25, 0.3) is 0 Å². The van der Waals surface area contributed by atoms with Gasteiger partial charge in [0.05, 0.1) is 30.4 Å². The standard InChI is InChI=1S/C31H29N3O7S/c1-3-19-40-26-16-12-24(13-17-26)31(36)41-28-18-9-22(20-29(28)39-2)21-32-33-30(35)23-10-14-25(15-11-23)34-42(37,38)27-7-5-4-6-8-27/h4-18,20-21,34H,3,19H2,1-2H3,(H,33,35)/b32-21-. The first-order valence-corrected chi connectivity index (χ1v) is 14.4. The fraction of sp³-hybridized carbons (Fsp3) is 0.129. The summed E-state index contributed by atoms with van der Waals surface area (Å²) in [5.74, 6) is 0.147. The molecule has 0 aromatic heterocycles. The summed E-state index contributed by atoms with van der Waals surface area (Å²) in [5, 5.41) is 3.97. The number of carbonyl (C=O) groups is 2. The van der Waals surface area contributed by atoms with Crippen molar-refractivity contribution in [2.75, 3.05) is 18.4 Å². The lowest BCUT2D eigenvalue weighted by Crippen LogP contribution is -2.18. The zero-order valence-electron chi connectivity index (χ0n) is 22.9. The first-order valence-electron chi connectivity index (χ1n) is 12.9. The van der Waals surface area contributed by atoms with Gasteiger partial charge in [0.15, 0.2) is 11.5 Å². The van der Waals surface area contributed by atoms with E-state index < -0.39 is 21.9 Å². The van der Waals surface area contributed by atoms with Gasteiger partial charge < -0.3 is 14.2 Å². The number of rotatable bonds is 12. The molecule has 0 aliphatic carbocycles. The van der Waals surface area contributed by atoms with Gasteiger partial charge in [0.25, 0.3) is 15.9 Å². The number of benzene rings is 4.